The fraction of sp³-hybridized carbons (Fsp3) is 0.333. The maximum atomic E-state index is 5.83. The Balaban J connectivity index is 1.71. The van der Waals surface area contributed by atoms with Crippen molar-refractivity contribution in [1.29, 1.82) is 0 Å². The lowest BCUT2D eigenvalue weighted by Crippen LogP contribution is -2.26. The molecule has 78 valence electrons. The van der Waals surface area contributed by atoms with Crippen molar-refractivity contribution in [3.63, 3.8) is 0 Å². The fourth-order valence-electron chi connectivity index (χ4n) is 2.07. The summed E-state index contributed by atoms with van der Waals surface area (Å²) in [7, 11) is 0. The fourth-order valence-corrected chi connectivity index (χ4v) is 2.07. The van der Waals surface area contributed by atoms with Crippen LogP contribution in [0.4, 0.5) is 5.69 Å². The minimum Gasteiger partial charge on any atom is -0.487 e. The minimum absolute atomic E-state index is 0.132. The van der Waals surface area contributed by atoms with E-state index in [-0.39, 0.29) is 18.3 Å². The van der Waals surface area contributed by atoms with E-state index in [9.17, 15) is 0 Å². The molecule has 0 aliphatic carbocycles. The summed E-state index contributed by atoms with van der Waals surface area (Å²) in [4.78, 5) is 0. The second-order valence-electron chi connectivity index (χ2n) is 3.99. The van der Waals surface area contributed by atoms with Crippen LogP contribution in [0.15, 0.2) is 36.4 Å². The molecule has 2 aliphatic rings. The van der Waals surface area contributed by atoms with Crippen LogP contribution < -0.4 is 10.5 Å². The molecule has 2 N–H and O–H groups in total. The highest BCUT2D eigenvalue weighted by molar-refractivity contribution is 5.41. The van der Waals surface area contributed by atoms with Gasteiger partial charge < -0.3 is 15.2 Å². The number of hydrogen-bond acceptors (Lipinski definition) is 3. The Labute approximate surface area is 88.5 Å². The summed E-state index contributed by atoms with van der Waals surface area (Å²) in [6.07, 6.45) is 5.68. The van der Waals surface area contributed by atoms with E-state index >= 15 is 0 Å². The number of ether oxygens (including phenoxy) is 2. The van der Waals surface area contributed by atoms with Gasteiger partial charge in [-0.3, -0.25) is 0 Å². The molecular formula is C12H13NO2. The lowest BCUT2D eigenvalue weighted by Gasteiger charge is -2.17. The summed E-state index contributed by atoms with van der Waals surface area (Å²) in [5, 5.41) is 0. The predicted molar refractivity (Wildman–Crippen MR) is 57.7 cm³/mol. The molecule has 0 radical (unpaired) electrons. The number of nitrogens with two attached hydrogens (primary N) is 1. The van der Waals surface area contributed by atoms with Gasteiger partial charge in [-0.05, 0) is 24.3 Å². The van der Waals surface area contributed by atoms with Gasteiger partial charge in [-0.1, -0.05) is 12.2 Å². The van der Waals surface area contributed by atoms with Gasteiger partial charge in [0, 0.05) is 12.1 Å². The molecule has 3 unspecified atom stereocenters. The van der Waals surface area contributed by atoms with Crippen molar-refractivity contribution in [2.24, 2.45) is 0 Å². The van der Waals surface area contributed by atoms with E-state index in [0.717, 1.165) is 17.9 Å². The molecule has 0 saturated carbocycles. The molecule has 3 atom stereocenters. The van der Waals surface area contributed by atoms with Gasteiger partial charge in [0.2, 0.25) is 0 Å². The molecule has 2 aliphatic heterocycles. The van der Waals surface area contributed by atoms with E-state index < -0.39 is 0 Å². The van der Waals surface area contributed by atoms with Crippen LogP contribution in [0.2, 0.25) is 0 Å². The van der Waals surface area contributed by atoms with E-state index in [1.54, 1.807) is 0 Å². The molecule has 1 aromatic rings. The first kappa shape index (κ1) is 8.80. The van der Waals surface area contributed by atoms with Crippen LogP contribution in [-0.2, 0) is 4.74 Å². The molecule has 0 amide bonds. The van der Waals surface area contributed by atoms with Crippen LogP contribution in [0.1, 0.15) is 6.42 Å². The normalized spacial score (nSPS) is 32.1. The Morgan fingerprint density at radius 2 is 2.00 bits per heavy atom. The predicted octanol–water partition coefficient (Wildman–Crippen LogP) is 1.74. The first-order chi connectivity index (χ1) is 7.31. The van der Waals surface area contributed by atoms with Crippen molar-refractivity contribution in [3.8, 4) is 5.75 Å². The highest BCUT2D eigenvalue weighted by Gasteiger charge is 2.38. The first-order valence-electron chi connectivity index (χ1n) is 5.17. The zero-order valence-electron chi connectivity index (χ0n) is 8.30. The molecule has 3 heteroatoms. The van der Waals surface area contributed by atoms with Crippen molar-refractivity contribution in [1.82, 2.24) is 0 Å². The molecular weight excluding hydrogens is 190 g/mol. The summed E-state index contributed by atoms with van der Waals surface area (Å²) < 4.78 is 11.5. The average Bonchev–Trinajstić information content (AvgIpc) is 2.83. The summed E-state index contributed by atoms with van der Waals surface area (Å²) in [5.74, 6) is 0.860. The highest BCUT2D eigenvalue weighted by Crippen LogP contribution is 2.31. The largest absolute Gasteiger partial charge is 0.487 e. The van der Waals surface area contributed by atoms with Crippen molar-refractivity contribution >= 4 is 5.69 Å². The van der Waals surface area contributed by atoms with E-state index in [2.05, 4.69) is 12.2 Å². The van der Waals surface area contributed by atoms with Gasteiger partial charge in [0.05, 0.1) is 6.10 Å². The van der Waals surface area contributed by atoms with Crippen LogP contribution in [0.25, 0.3) is 0 Å². The van der Waals surface area contributed by atoms with Crippen molar-refractivity contribution < 1.29 is 9.47 Å². The van der Waals surface area contributed by atoms with Gasteiger partial charge in [0.25, 0.3) is 0 Å². The van der Waals surface area contributed by atoms with Gasteiger partial charge in [0.15, 0.2) is 0 Å². The van der Waals surface area contributed by atoms with Gasteiger partial charge >= 0.3 is 0 Å². The maximum absolute atomic E-state index is 5.83. The zero-order valence-corrected chi connectivity index (χ0v) is 8.30. The van der Waals surface area contributed by atoms with Crippen LogP contribution in [0, 0.1) is 0 Å². The monoisotopic (exact) mass is 203 g/mol. The lowest BCUT2D eigenvalue weighted by molar-refractivity contribution is 0.0800. The Morgan fingerprint density at radius 1 is 1.20 bits per heavy atom. The SMILES string of the molecule is Nc1ccc(OC2CC3C=CC2O3)cc1. The number of hydrogen-bond donors (Lipinski definition) is 1. The van der Waals surface area contributed by atoms with Gasteiger partial charge in [-0.2, -0.15) is 0 Å². The number of benzene rings is 1. The molecule has 1 saturated heterocycles. The number of anilines is 1. The molecule has 2 heterocycles. The third-order valence-corrected chi connectivity index (χ3v) is 2.85. The lowest BCUT2D eigenvalue weighted by atomic mass is 10.0. The van der Waals surface area contributed by atoms with Gasteiger partial charge in [0.1, 0.15) is 18.0 Å². The van der Waals surface area contributed by atoms with E-state index in [4.69, 9.17) is 15.2 Å². The smallest absolute Gasteiger partial charge is 0.131 e. The first-order valence-corrected chi connectivity index (χ1v) is 5.17. The Morgan fingerprint density at radius 3 is 2.60 bits per heavy atom. The summed E-state index contributed by atoms with van der Waals surface area (Å²) in [6.45, 7) is 0. The number of fused-ring (bicyclic) bond motifs is 2. The second kappa shape index (κ2) is 3.28. The molecule has 3 rings (SSSR count). The average molecular weight is 203 g/mol. The maximum Gasteiger partial charge on any atom is 0.131 e. The second-order valence-corrected chi connectivity index (χ2v) is 3.99. The van der Waals surface area contributed by atoms with Crippen molar-refractivity contribution in [3.05, 3.63) is 36.4 Å². The molecule has 0 aromatic heterocycles. The summed E-state index contributed by atoms with van der Waals surface area (Å²) in [5.41, 5.74) is 6.36. The Kier molecular flexibility index (Phi) is 1.92. The molecule has 3 nitrogen and oxygen atoms in total. The summed E-state index contributed by atoms with van der Waals surface area (Å²) >= 11 is 0. The molecule has 1 aromatic carbocycles. The third-order valence-electron chi connectivity index (χ3n) is 2.85. The standard InChI is InChI=1S/C12H13NO2/c13-8-1-3-9(4-2-8)14-12-7-10-5-6-11(12)15-10/h1-6,10-12H,7,13H2. The van der Waals surface area contributed by atoms with Crippen LogP contribution in [0.5, 0.6) is 5.75 Å². The van der Waals surface area contributed by atoms with Crippen LogP contribution in [0.3, 0.4) is 0 Å². The highest BCUT2D eigenvalue weighted by atomic mass is 16.6. The van der Waals surface area contributed by atoms with E-state index in [1.807, 2.05) is 24.3 Å². The van der Waals surface area contributed by atoms with Crippen LogP contribution in [-0.4, -0.2) is 18.3 Å². The minimum atomic E-state index is 0.132. The Hall–Kier alpha value is -1.48. The molecule has 15 heavy (non-hydrogen) atoms. The molecule has 1 fully saturated rings. The number of nitrogen functional groups attached to an aromatic ring is 1. The third kappa shape index (κ3) is 1.59. The molecule has 0 spiro atoms. The number of rotatable bonds is 2. The van der Waals surface area contributed by atoms with Gasteiger partial charge in [-0.25, -0.2) is 0 Å². The quantitative estimate of drug-likeness (QED) is 0.588. The van der Waals surface area contributed by atoms with E-state index in [1.165, 1.54) is 0 Å². The molecule has 2 bridgehead atoms. The zero-order chi connectivity index (χ0) is 10.3. The van der Waals surface area contributed by atoms with Crippen molar-refractivity contribution in [2.75, 3.05) is 5.73 Å². The Bertz CT molecular complexity index is 385. The topological polar surface area (TPSA) is 44.5 Å². The van der Waals surface area contributed by atoms with Crippen molar-refractivity contribution in [2.45, 2.75) is 24.7 Å². The van der Waals surface area contributed by atoms with E-state index in [0.29, 0.717) is 0 Å². The summed E-state index contributed by atoms with van der Waals surface area (Å²) in [6, 6.07) is 7.48. The van der Waals surface area contributed by atoms with Crippen LogP contribution >= 0.6 is 0 Å². The van der Waals surface area contributed by atoms with Gasteiger partial charge in [-0.15, -0.1) is 0 Å².